The van der Waals surface area contributed by atoms with Crippen LogP contribution in [0.1, 0.15) is 32.2 Å². The minimum atomic E-state index is -4.26. The molecule has 2 N–H and O–H groups in total. The van der Waals surface area contributed by atoms with E-state index >= 15 is 0 Å². The average Bonchev–Trinajstić information content (AvgIpc) is 3.32. The molecule has 0 spiro atoms. The molecule has 12 heteroatoms. The Hall–Kier alpha value is -3.47. The molecule has 0 aliphatic heterocycles. The van der Waals surface area contributed by atoms with Gasteiger partial charge in [0.1, 0.15) is 16.3 Å². The fourth-order valence-corrected chi connectivity index (χ4v) is 4.69. The molecule has 0 saturated heterocycles. The van der Waals surface area contributed by atoms with Gasteiger partial charge in [0.05, 0.1) is 11.3 Å². The number of sulfonamides is 1. The van der Waals surface area contributed by atoms with Crippen LogP contribution in [0.15, 0.2) is 69.7 Å². The smallest absolute Gasteiger partial charge is 0.507 e. The number of aromatic amines is 1. The van der Waals surface area contributed by atoms with Gasteiger partial charge in [0.25, 0.3) is 0 Å². The summed E-state index contributed by atoms with van der Waals surface area (Å²) >= 11 is 0. The van der Waals surface area contributed by atoms with Crippen molar-refractivity contribution in [1.82, 2.24) is 20.0 Å². The maximum Gasteiger partial charge on any atom is 1.00 e. The zero-order valence-corrected chi connectivity index (χ0v) is 22.1. The number of phenols is 1. The van der Waals surface area contributed by atoms with Crippen molar-refractivity contribution in [3.63, 3.8) is 0 Å². The van der Waals surface area contributed by atoms with E-state index in [1.54, 1.807) is 7.05 Å². The van der Waals surface area contributed by atoms with Crippen LogP contribution < -0.4 is 0 Å². The molecule has 0 fully saturated rings. The number of azo groups is 1. The molecule has 2 aromatic carbocycles. The zero-order valence-electron chi connectivity index (χ0n) is 20.4. The molecule has 0 unspecified atom stereocenters. The van der Waals surface area contributed by atoms with Crippen molar-refractivity contribution in [2.45, 2.75) is 38.0 Å². The van der Waals surface area contributed by atoms with Crippen molar-refractivity contribution in [3.05, 3.63) is 70.7 Å². The second-order valence-corrected chi connectivity index (χ2v) is 10.6. The third-order valence-corrected chi connectivity index (χ3v) is 6.60. The Morgan fingerprint density at radius 2 is 1.67 bits per heavy atom. The molecule has 2 aromatic heterocycles. The van der Waals surface area contributed by atoms with E-state index in [2.05, 4.69) is 30.2 Å². The van der Waals surface area contributed by atoms with Gasteiger partial charge >= 0.3 is 17.1 Å². The Kier molecular flexibility index (Phi) is 7.73. The molecule has 36 heavy (non-hydrogen) atoms. The van der Waals surface area contributed by atoms with E-state index in [0.717, 1.165) is 16.8 Å². The fourth-order valence-electron chi connectivity index (χ4n) is 3.58. The molecule has 192 valence electrons. The van der Waals surface area contributed by atoms with Crippen LogP contribution in [0.3, 0.4) is 0 Å². The number of H-pyrrole nitrogens is 1. The maximum absolute atomic E-state index is 13.0. The van der Waals surface area contributed by atoms with E-state index in [0.29, 0.717) is 11.5 Å². The number of aromatic hydroxyl groups is 1. The maximum atomic E-state index is 13.0. The van der Waals surface area contributed by atoms with Crippen LogP contribution in [0.25, 0.3) is 15.8 Å². The van der Waals surface area contributed by atoms with Crippen LogP contribution in [0.5, 0.6) is 5.75 Å². The molecule has 0 bridgehead atoms. The predicted octanol–water partition coefficient (Wildman–Crippen LogP) is 5.93. The Labute approximate surface area is 220 Å². The van der Waals surface area contributed by atoms with Gasteiger partial charge in [-0.25, -0.2) is 8.42 Å². The second-order valence-electron chi connectivity index (χ2n) is 9.04. The molecule has 4 aromatic rings. The summed E-state index contributed by atoms with van der Waals surface area (Å²) in [7, 11) is -2.68. The van der Waals surface area contributed by atoms with Crippen LogP contribution in [-0.2, 0) is 39.6 Å². The first-order valence-corrected chi connectivity index (χ1v) is 12.3. The van der Waals surface area contributed by atoms with E-state index < -0.39 is 21.2 Å². The van der Waals surface area contributed by atoms with E-state index in [9.17, 15) is 13.5 Å². The van der Waals surface area contributed by atoms with Gasteiger partial charge in [0.2, 0.25) is 15.8 Å². The number of aromatic nitrogens is 4. The van der Waals surface area contributed by atoms with Crippen molar-refractivity contribution in [2.24, 2.45) is 17.3 Å². The summed E-state index contributed by atoms with van der Waals surface area (Å²) in [6, 6.07) is 15.3. The van der Waals surface area contributed by atoms with Gasteiger partial charge in [-0.05, 0) is 37.5 Å². The summed E-state index contributed by atoms with van der Waals surface area (Å²) in [6.07, 6.45) is 0. The summed E-state index contributed by atoms with van der Waals surface area (Å²) in [5, 5.41) is 30.5. The summed E-state index contributed by atoms with van der Waals surface area (Å²) in [4.78, 5) is -0.310. The topological polar surface area (TPSA) is 140 Å². The Bertz CT molecular complexity index is 1500. The first kappa shape index (κ1) is 27.1. The van der Waals surface area contributed by atoms with Gasteiger partial charge in [-0.15, -0.1) is 10.2 Å². The summed E-state index contributed by atoms with van der Waals surface area (Å²) in [5.41, 5.74) is 2.77. The van der Waals surface area contributed by atoms with Crippen molar-refractivity contribution in [3.8, 4) is 16.9 Å². The van der Waals surface area contributed by atoms with Crippen LogP contribution in [0.2, 0.25) is 0 Å². The molecule has 2 heterocycles. The van der Waals surface area contributed by atoms with Gasteiger partial charge in [-0.1, -0.05) is 63.2 Å². The summed E-state index contributed by atoms with van der Waals surface area (Å²) < 4.78 is 31.4. The van der Waals surface area contributed by atoms with Gasteiger partial charge in [-0.2, -0.15) is 5.10 Å². The minimum Gasteiger partial charge on any atom is -0.507 e. The van der Waals surface area contributed by atoms with Crippen molar-refractivity contribution in [2.75, 3.05) is 0 Å². The SMILES string of the molecule is Cc1[nH]nc(N=Nc2c(C(C)(C)C)nn(C)c2[N-]S(=O)(=O)c2ccccc2O)c1-c1ccccc1.[Cu+]. The number of rotatable bonds is 6. The molecule has 10 nitrogen and oxygen atoms in total. The Morgan fingerprint density at radius 1 is 1.03 bits per heavy atom. The van der Waals surface area contributed by atoms with Crippen LogP contribution in [-0.4, -0.2) is 33.5 Å². The normalized spacial score (nSPS) is 12.0. The van der Waals surface area contributed by atoms with E-state index in [4.69, 9.17) is 0 Å². The van der Waals surface area contributed by atoms with E-state index in [-0.39, 0.29) is 33.5 Å². The number of para-hydroxylation sites is 1. The second kappa shape index (κ2) is 10.3. The molecular weight excluding hydrogens is 530 g/mol. The first-order valence-electron chi connectivity index (χ1n) is 10.8. The zero-order chi connectivity index (χ0) is 25.4. The Balaban J connectivity index is 0.00000361. The first-order chi connectivity index (χ1) is 16.5. The van der Waals surface area contributed by atoms with Crippen LogP contribution in [0.4, 0.5) is 17.3 Å². The van der Waals surface area contributed by atoms with Gasteiger partial charge in [0, 0.05) is 11.1 Å². The minimum absolute atomic E-state index is 0. The van der Waals surface area contributed by atoms with Crippen LogP contribution in [0, 0.1) is 6.92 Å². The number of benzene rings is 2. The molecule has 0 aliphatic carbocycles. The number of phenolic OH excluding ortho intramolecular Hbond substituents is 1. The standard InChI is InChI=1S/C24H26N7O3S.Cu/c1-15-19(16-11-7-6-8-12-16)22(27-25-15)28-26-20-21(24(2,3)4)29-31(5)23(20)30-35(33,34)18-14-10-9-13-17(18)32;/h6-14H,1-5H3,(H2-,25,26,27,28,29,30,32);/q-1;+1. The number of hydrogen-bond donors (Lipinski definition) is 2. The third-order valence-electron chi connectivity index (χ3n) is 5.29. The molecular formula is C24H26CuN7O3S. The molecule has 4 rings (SSSR count). The Morgan fingerprint density at radius 3 is 2.31 bits per heavy atom. The van der Waals surface area contributed by atoms with E-state index in [1.165, 1.54) is 28.9 Å². The van der Waals surface area contributed by atoms with Crippen LogP contribution >= 0.6 is 0 Å². The predicted molar refractivity (Wildman–Crippen MR) is 133 cm³/mol. The number of hydrogen-bond acceptors (Lipinski definition) is 7. The number of nitrogens with zero attached hydrogens (tertiary/aromatic N) is 6. The third kappa shape index (κ3) is 5.35. The van der Waals surface area contributed by atoms with E-state index in [1.807, 2.05) is 58.0 Å². The molecule has 0 saturated carbocycles. The molecule has 0 radical (unpaired) electrons. The van der Waals surface area contributed by atoms with Gasteiger partial charge < -0.3 is 14.5 Å². The number of aryl methyl sites for hydroxylation is 2. The molecule has 0 atom stereocenters. The van der Waals surface area contributed by atoms with Gasteiger partial charge in [0.15, 0.2) is 0 Å². The largest absolute Gasteiger partial charge is 1.00 e. The fraction of sp³-hybridized carbons (Fsp3) is 0.250. The summed E-state index contributed by atoms with van der Waals surface area (Å²) in [6.45, 7) is 7.69. The monoisotopic (exact) mass is 555 g/mol. The quantitative estimate of drug-likeness (QED) is 0.224. The average molecular weight is 556 g/mol. The van der Waals surface area contributed by atoms with Crippen molar-refractivity contribution < 1.29 is 30.6 Å². The molecule has 0 amide bonds. The summed E-state index contributed by atoms with van der Waals surface area (Å²) in [5.74, 6) is -0.0421. The van der Waals surface area contributed by atoms with Crippen molar-refractivity contribution in [1.29, 1.82) is 0 Å². The van der Waals surface area contributed by atoms with Gasteiger partial charge in [-0.3, -0.25) is 10.2 Å². The van der Waals surface area contributed by atoms with Crippen molar-refractivity contribution >= 4 is 27.3 Å². The number of nitrogens with one attached hydrogen (secondary N) is 1. The molecule has 0 aliphatic rings.